The Hall–Kier alpha value is -3.87. The summed E-state index contributed by atoms with van der Waals surface area (Å²) in [7, 11) is -4.12. The van der Waals surface area contributed by atoms with Gasteiger partial charge in [0.1, 0.15) is 10.6 Å². The zero-order chi connectivity index (χ0) is 27.8. The number of hydrogen-bond donors (Lipinski definition) is 3. The second-order valence-corrected chi connectivity index (χ2v) is 10.5. The van der Waals surface area contributed by atoms with Crippen LogP contribution in [0.3, 0.4) is 0 Å². The van der Waals surface area contributed by atoms with Crippen LogP contribution >= 0.6 is 11.6 Å². The molecule has 1 aromatic heterocycles. The van der Waals surface area contributed by atoms with Crippen LogP contribution in [0.1, 0.15) is 25.5 Å². The molecule has 0 radical (unpaired) electrons. The summed E-state index contributed by atoms with van der Waals surface area (Å²) < 4.78 is 48.4. The van der Waals surface area contributed by atoms with Gasteiger partial charge in [0.15, 0.2) is 11.5 Å². The Labute approximate surface area is 231 Å². The fraction of sp³-hybridized carbons (Fsp3) is 0.231. The smallest absolute Gasteiger partial charge is 0.263 e. The Balaban J connectivity index is 1.58. The standard InChI is InChI=1S/C26H27ClFN7O3S/c1-3-31-25(24(29-2)22-12-14-32-26(34-22)33-17-7-6-13-30-16-17)38-18-10-11-21(20(28)15-18)35-39(36,37)23-9-5-4-8-19(23)27/h3-5,8-12,14-15,17,30,35H,2,6-7,13,16H2,1H3,(H,32,33,34)/b25-24+,31-3?/t17-/m0/s1. The van der Waals surface area contributed by atoms with Crippen molar-refractivity contribution in [3.05, 3.63) is 77.1 Å². The molecule has 2 heterocycles. The van der Waals surface area contributed by atoms with Gasteiger partial charge in [0, 0.05) is 31.1 Å². The lowest BCUT2D eigenvalue weighted by Crippen LogP contribution is -2.38. The molecule has 2 aromatic carbocycles. The molecule has 0 unspecified atom stereocenters. The van der Waals surface area contributed by atoms with E-state index in [2.05, 4.69) is 42.0 Å². The van der Waals surface area contributed by atoms with Gasteiger partial charge in [-0.1, -0.05) is 23.7 Å². The van der Waals surface area contributed by atoms with Crippen molar-refractivity contribution in [2.75, 3.05) is 23.1 Å². The Morgan fingerprint density at radius 3 is 2.79 bits per heavy atom. The van der Waals surface area contributed by atoms with E-state index in [-0.39, 0.29) is 39.0 Å². The second-order valence-electron chi connectivity index (χ2n) is 8.43. The van der Waals surface area contributed by atoms with E-state index in [0.29, 0.717) is 11.6 Å². The number of aromatic nitrogens is 2. The molecule has 3 aromatic rings. The van der Waals surface area contributed by atoms with E-state index >= 15 is 0 Å². The van der Waals surface area contributed by atoms with Gasteiger partial charge in [0.05, 0.1) is 16.4 Å². The molecule has 0 amide bonds. The van der Waals surface area contributed by atoms with Gasteiger partial charge in [-0.25, -0.2) is 27.8 Å². The van der Waals surface area contributed by atoms with Gasteiger partial charge < -0.3 is 15.4 Å². The van der Waals surface area contributed by atoms with Gasteiger partial charge in [-0.05, 0) is 63.4 Å². The van der Waals surface area contributed by atoms with Crippen molar-refractivity contribution in [1.29, 1.82) is 0 Å². The van der Waals surface area contributed by atoms with Crippen molar-refractivity contribution in [1.82, 2.24) is 15.3 Å². The van der Waals surface area contributed by atoms with Crippen LogP contribution in [0.4, 0.5) is 16.0 Å². The normalized spacial score (nSPS) is 16.4. The highest BCUT2D eigenvalue weighted by Gasteiger charge is 2.20. The molecular weight excluding hydrogens is 545 g/mol. The minimum Gasteiger partial charge on any atom is -0.437 e. The highest BCUT2D eigenvalue weighted by Crippen LogP contribution is 2.29. The molecule has 1 fully saturated rings. The molecule has 4 rings (SSSR count). The van der Waals surface area contributed by atoms with Gasteiger partial charge in [-0.3, -0.25) is 9.71 Å². The average molecular weight is 572 g/mol. The van der Waals surface area contributed by atoms with E-state index in [0.717, 1.165) is 32.0 Å². The molecule has 13 heteroatoms. The van der Waals surface area contributed by atoms with E-state index in [4.69, 9.17) is 16.3 Å². The number of piperidine rings is 1. The predicted octanol–water partition coefficient (Wildman–Crippen LogP) is 4.73. The van der Waals surface area contributed by atoms with Crippen LogP contribution in [-0.2, 0) is 10.0 Å². The summed E-state index contributed by atoms with van der Waals surface area (Å²) in [4.78, 5) is 16.9. The Morgan fingerprint density at radius 1 is 1.28 bits per heavy atom. The number of aliphatic imine (C=N–C) groups is 2. The first kappa shape index (κ1) is 28.1. The Bertz CT molecular complexity index is 1510. The first-order valence-corrected chi connectivity index (χ1v) is 13.9. The van der Waals surface area contributed by atoms with E-state index < -0.39 is 15.8 Å². The van der Waals surface area contributed by atoms with Crippen LogP contribution in [0.2, 0.25) is 5.02 Å². The lowest BCUT2D eigenvalue weighted by Gasteiger charge is -2.23. The van der Waals surface area contributed by atoms with Crippen molar-refractivity contribution >= 4 is 51.9 Å². The van der Waals surface area contributed by atoms with Crippen molar-refractivity contribution in [2.45, 2.75) is 30.7 Å². The summed E-state index contributed by atoms with van der Waals surface area (Å²) in [5.74, 6) is -0.384. The van der Waals surface area contributed by atoms with Crippen molar-refractivity contribution in [3.63, 3.8) is 0 Å². The highest BCUT2D eigenvalue weighted by atomic mass is 35.5. The fourth-order valence-electron chi connectivity index (χ4n) is 3.85. The predicted molar refractivity (Wildman–Crippen MR) is 151 cm³/mol. The molecule has 0 spiro atoms. The molecule has 3 N–H and O–H groups in total. The number of nitrogens with one attached hydrogen (secondary N) is 3. The molecule has 0 saturated carbocycles. The summed E-state index contributed by atoms with van der Waals surface area (Å²) in [6, 6.07) is 11.3. The summed E-state index contributed by atoms with van der Waals surface area (Å²) in [5, 5.41) is 6.65. The molecule has 1 aliphatic heterocycles. The summed E-state index contributed by atoms with van der Waals surface area (Å²) >= 11 is 6.00. The largest absolute Gasteiger partial charge is 0.437 e. The minimum atomic E-state index is -4.12. The average Bonchev–Trinajstić information content (AvgIpc) is 2.92. The molecule has 1 atom stereocenters. The Kier molecular flexibility index (Phi) is 9.23. The highest BCUT2D eigenvalue weighted by molar-refractivity contribution is 7.92. The maximum Gasteiger partial charge on any atom is 0.263 e. The van der Waals surface area contributed by atoms with Gasteiger partial charge in [0.2, 0.25) is 11.8 Å². The molecule has 204 valence electrons. The lowest BCUT2D eigenvalue weighted by molar-refractivity contribution is 0.420. The third-order valence-electron chi connectivity index (χ3n) is 5.66. The third kappa shape index (κ3) is 7.16. The molecule has 39 heavy (non-hydrogen) atoms. The number of hydrogen-bond acceptors (Lipinski definition) is 9. The summed E-state index contributed by atoms with van der Waals surface area (Å²) in [6.07, 6.45) is 5.11. The van der Waals surface area contributed by atoms with E-state index in [9.17, 15) is 12.8 Å². The molecule has 10 nitrogen and oxygen atoms in total. The van der Waals surface area contributed by atoms with Gasteiger partial charge in [-0.15, -0.1) is 0 Å². The van der Waals surface area contributed by atoms with E-state index in [1.54, 1.807) is 25.3 Å². The van der Waals surface area contributed by atoms with Crippen molar-refractivity contribution < 1.29 is 17.5 Å². The minimum absolute atomic E-state index is 0.0141. The van der Waals surface area contributed by atoms with E-state index in [1.165, 1.54) is 36.5 Å². The van der Waals surface area contributed by atoms with Gasteiger partial charge in [-0.2, -0.15) is 0 Å². The van der Waals surface area contributed by atoms with Gasteiger partial charge in [0.25, 0.3) is 10.0 Å². The lowest BCUT2D eigenvalue weighted by atomic mass is 10.1. The molecule has 0 bridgehead atoms. The van der Waals surface area contributed by atoms with E-state index in [1.807, 2.05) is 0 Å². The number of anilines is 2. The molecule has 1 aliphatic rings. The summed E-state index contributed by atoms with van der Waals surface area (Å²) in [6.45, 7) is 7.09. The van der Waals surface area contributed by atoms with Crippen LogP contribution in [0, 0.1) is 5.82 Å². The fourth-order valence-corrected chi connectivity index (χ4v) is 5.43. The number of nitrogens with zero attached hydrogens (tertiary/aromatic N) is 4. The summed E-state index contributed by atoms with van der Waals surface area (Å²) in [5.41, 5.74) is 0.332. The zero-order valence-electron chi connectivity index (χ0n) is 21.1. The SMILES string of the molecule is C=N/C(=C(\N=CC)Oc1ccc(NS(=O)(=O)c2ccccc2Cl)c(F)c1)c1ccnc(N[C@H]2CCCNC2)n1. The number of benzene rings is 2. The topological polar surface area (TPSA) is 130 Å². The van der Waals surface area contributed by atoms with Crippen LogP contribution in [-0.4, -0.2) is 50.4 Å². The molecular formula is C26H27ClFN7O3S. The number of ether oxygens (including phenoxy) is 1. The number of sulfonamides is 1. The number of rotatable bonds is 10. The molecule has 1 saturated heterocycles. The first-order chi connectivity index (χ1) is 18.8. The number of halogens is 2. The quantitative estimate of drug-likeness (QED) is 0.237. The Morgan fingerprint density at radius 2 is 2.10 bits per heavy atom. The van der Waals surface area contributed by atoms with Crippen LogP contribution < -0.4 is 20.1 Å². The zero-order valence-corrected chi connectivity index (χ0v) is 22.6. The van der Waals surface area contributed by atoms with Crippen LogP contribution in [0.25, 0.3) is 5.70 Å². The third-order valence-corrected chi connectivity index (χ3v) is 7.53. The van der Waals surface area contributed by atoms with Crippen LogP contribution in [0.5, 0.6) is 5.75 Å². The van der Waals surface area contributed by atoms with Gasteiger partial charge >= 0.3 is 0 Å². The van der Waals surface area contributed by atoms with Crippen molar-refractivity contribution in [3.8, 4) is 5.75 Å². The maximum absolute atomic E-state index is 15.0. The molecule has 0 aliphatic carbocycles. The van der Waals surface area contributed by atoms with Crippen LogP contribution in [0.15, 0.2) is 75.5 Å². The second kappa shape index (κ2) is 12.8. The monoisotopic (exact) mass is 571 g/mol. The maximum atomic E-state index is 15.0. The first-order valence-electron chi connectivity index (χ1n) is 12.1. The van der Waals surface area contributed by atoms with Crippen molar-refractivity contribution in [2.24, 2.45) is 9.98 Å².